The molecular formula is C8H10BrFN2O. The summed E-state index contributed by atoms with van der Waals surface area (Å²) in [5.74, 6) is -0.511. The normalized spacial score (nSPS) is 12.9. The van der Waals surface area contributed by atoms with E-state index in [0.29, 0.717) is 5.56 Å². The lowest BCUT2D eigenvalue weighted by molar-refractivity contribution is 0.455. The molecule has 0 unspecified atom stereocenters. The summed E-state index contributed by atoms with van der Waals surface area (Å²) in [6.45, 7) is 0.156. The number of aromatic hydroxyl groups is 1. The predicted molar refractivity (Wildman–Crippen MR) is 51.7 cm³/mol. The van der Waals surface area contributed by atoms with Crippen molar-refractivity contribution < 1.29 is 9.50 Å². The van der Waals surface area contributed by atoms with E-state index in [9.17, 15) is 9.50 Å². The lowest BCUT2D eigenvalue weighted by Gasteiger charge is -2.12. The van der Waals surface area contributed by atoms with Crippen LogP contribution in [0.2, 0.25) is 0 Å². The fourth-order valence-corrected chi connectivity index (χ4v) is 1.44. The average molecular weight is 249 g/mol. The van der Waals surface area contributed by atoms with Crippen LogP contribution in [0.3, 0.4) is 0 Å². The Morgan fingerprint density at radius 3 is 2.69 bits per heavy atom. The van der Waals surface area contributed by atoms with E-state index in [2.05, 4.69) is 15.9 Å². The third-order valence-electron chi connectivity index (χ3n) is 1.71. The summed E-state index contributed by atoms with van der Waals surface area (Å²) in [6, 6.07) is 1.80. The molecule has 1 aromatic carbocycles. The van der Waals surface area contributed by atoms with Gasteiger partial charge in [0.2, 0.25) is 0 Å². The maximum Gasteiger partial charge on any atom is 0.134 e. The summed E-state index contributed by atoms with van der Waals surface area (Å²) in [5.41, 5.74) is 11.2. The van der Waals surface area contributed by atoms with Gasteiger partial charge in [-0.1, -0.05) is 0 Å². The van der Waals surface area contributed by atoms with Gasteiger partial charge in [-0.15, -0.1) is 0 Å². The summed E-state index contributed by atoms with van der Waals surface area (Å²) in [5, 5.41) is 9.47. The summed E-state index contributed by atoms with van der Waals surface area (Å²) in [6.07, 6.45) is 0. The number of hydrogen-bond donors (Lipinski definition) is 3. The second kappa shape index (κ2) is 4.04. The van der Waals surface area contributed by atoms with Gasteiger partial charge in [0.25, 0.3) is 0 Å². The molecule has 3 nitrogen and oxygen atoms in total. The SMILES string of the molecule is NC[C@@H](N)c1cc(F)cc(Br)c1O. The highest BCUT2D eigenvalue weighted by molar-refractivity contribution is 9.10. The maximum atomic E-state index is 12.9. The number of phenols is 1. The second-order valence-corrected chi connectivity index (χ2v) is 3.52. The monoisotopic (exact) mass is 248 g/mol. The number of rotatable bonds is 2. The molecule has 0 aromatic heterocycles. The maximum absolute atomic E-state index is 12.9. The molecule has 1 aromatic rings. The van der Waals surface area contributed by atoms with Crippen molar-refractivity contribution in [1.82, 2.24) is 0 Å². The number of halogens is 2. The van der Waals surface area contributed by atoms with Crippen molar-refractivity contribution in [1.29, 1.82) is 0 Å². The first-order chi connectivity index (χ1) is 6.06. The largest absolute Gasteiger partial charge is 0.506 e. The Morgan fingerprint density at radius 1 is 1.54 bits per heavy atom. The summed E-state index contributed by atoms with van der Waals surface area (Å²) in [4.78, 5) is 0. The fraction of sp³-hybridized carbons (Fsp3) is 0.250. The number of hydrogen-bond acceptors (Lipinski definition) is 3. The van der Waals surface area contributed by atoms with Gasteiger partial charge >= 0.3 is 0 Å². The van der Waals surface area contributed by atoms with Crippen LogP contribution in [0.1, 0.15) is 11.6 Å². The molecule has 0 heterocycles. The van der Waals surface area contributed by atoms with Crippen molar-refractivity contribution in [2.75, 3.05) is 6.54 Å². The van der Waals surface area contributed by atoms with Gasteiger partial charge in [-0.25, -0.2) is 4.39 Å². The summed E-state index contributed by atoms with van der Waals surface area (Å²) >= 11 is 3.01. The third kappa shape index (κ3) is 2.18. The smallest absolute Gasteiger partial charge is 0.134 e. The van der Waals surface area contributed by atoms with E-state index in [0.717, 1.165) is 0 Å². The van der Waals surface area contributed by atoms with Gasteiger partial charge in [0.05, 0.1) is 4.47 Å². The highest BCUT2D eigenvalue weighted by Gasteiger charge is 2.13. The molecule has 5 N–H and O–H groups in total. The fourth-order valence-electron chi connectivity index (χ4n) is 0.996. The van der Waals surface area contributed by atoms with E-state index in [1.807, 2.05) is 0 Å². The van der Waals surface area contributed by atoms with Gasteiger partial charge in [-0.05, 0) is 28.1 Å². The zero-order valence-electron chi connectivity index (χ0n) is 6.80. The first-order valence-electron chi connectivity index (χ1n) is 3.69. The van der Waals surface area contributed by atoms with E-state index in [4.69, 9.17) is 11.5 Å². The van der Waals surface area contributed by atoms with Crippen LogP contribution in [-0.4, -0.2) is 11.7 Å². The molecule has 0 radical (unpaired) electrons. The Morgan fingerprint density at radius 2 is 2.15 bits per heavy atom. The molecule has 72 valence electrons. The highest BCUT2D eigenvalue weighted by Crippen LogP contribution is 2.31. The standard InChI is InChI=1S/C8H10BrFN2O/c9-6-2-4(10)1-5(8(6)13)7(12)3-11/h1-2,7,13H,3,11-12H2/t7-/m1/s1. The first kappa shape index (κ1) is 10.4. The Balaban J connectivity index is 3.20. The van der Waals surface area contributed by atoms with Crippen LogP contribution in [0, 0.1) is 5.82 Å². The Hall–Kier alpha value is -0.650. The molecule has 5 heteroatoms. The lowest BCUT2D eigenvalue weighted by atomic mass is 10.1. The third-order valence-corrected chi connectivity index (χ3v) is 2.32. The van der Waals surface area contributed by atoms with Crippen molar-refractivity contribution in [3.05, 3.63) is 28.0 Å². The Labute approximate surface area is 83.7 Å². The zero-order valence-corrected chi connectivity index (χ0v) is 8.38. The molecule has 0 aliphatic rings. The van der Waals surface area contributed by atoms with Crippen molar-refractivity contribution in [2.24, 2.45) is 11.5 Å². The van der Waals surface area contributed by atoms with E-state index in [1.54, 1.807) is 0 Å². The minimum Gasteiger partial charge on any atom is -0.506 e. The quantitative estimate of drug-likeness (QED) is 0.738. The number of phenolic OH excluding ortho intramolecular Hbond substituents is 1. The van der Waals surface area contributed by atoms with Crippen LogP contribution in [0.4, 0.5) is 4.39 Å². The van der Waals surface area contributed by atoms with Crippen LogP contribution in [0.25, 0.3) is 0 Å². The van der Waals surface area contributed by atoms with Gasteiger partial charge in [0.1, 0.15) is 11.6 Å². The van der Waals surface area contributed by atoms with Crippen molar-refractivity contribution in [3.63, 3.8) is 0 Å². The van der Waals surface area contributed by atoms with Gasteiger partial charge in [0.15, 0.2) is 0 Å². The molecule has 0 saturated carbocycles. The molecule has 0 aliphatic carbocycles. The summed E-state index contributed by atoms with van der Waals surface area (Å²) < 4.78 is 13.2. The van der Waals surface area contributed by atoms with Crippen molar-refractivity contribution in [2.45, 2.75) is 6.04 Å². The molecule has 0 fully saturated rings. The molecule has 0 saturated heterocycles. The first-order valence-corrected chi connectivity index (χ1v) is 4.49. The van der Waals surface area contributed by atoms with Crippen LogP contribution in [0.5, 0.6) is 5.75 Å². The van der Waals surface area contributed by atoms with Crippen LogP contribution < -0.4 is 11.5 Å². The zero-order chi connectivity index (χ0) is 10.0. The van der Waals surface area contributed by atoms with E-state index < -0.39 is 11.9 Å². The van der Waals surface area contributed by atoms with Gasteiger partial charge in [0, 0.05) is 18.2 Å². The lowest BCUT2D eigenvalue weighted by Crippen LogP contribution is -2.21. The second-order valence-electron chi connectivity index (χ2n) is 2.67. The topological polar surface area (TPSA) is 72.3 Å². The highest BCUT2D eigenvalue weighted by atomic mass is 79.9. The minimum atomic E-state index is -0.549. The predicted octanol–water partition coefficient (Wildman–Crippen LogP) is 1.25. The van der Waals surface area contributed by atoms with E-state index in [-0.39, 0.29) is 16.8 Å². The van der Waals surface area contributed by atoms with Crippen LogP contribution >= 0.6 is 15.9 Å². The summed E-state index contributed by atoms with van der Waals surface area (Å²) in [7, 11) is 0. The van der Waals surface area contributed by atoms with Crippen LogP contribution in [-0.2, 0) is 0 Å². The minimum absolute atomic E-state index is 0.0562. The molecule has 0 amide bonds. The van der Waals surface area contributed by atoms with Gasteiger partial charge in [-0.3, -0.25) is 0 Å². The molecule has 0 aliphatic heterocycles. The number of benzene rings is 1. The van der Waals surface area contributed by atoms with Gasteiger partial charge in [-0.2, -0.15) is 0 Å². The molecule has 0 spiro atoms. The Bertz CT molecular complexity index is 319. The molecule has 0 bridgehead atoms. The van der Waals surface area contributed by atoms with Gasteiger partial charge < -0.3 is 16.6 Å². The van der Waals surface area contributed by atoms with E-state index in [1.165, 1.54) is 12.1 Å². The van der Waals surface area contributed by atoms with Crippen molar-refractivity contribution >= 4 is 15.9 Å². The average Bonchev–Trinajstić information content (AvgIpc) is 2.10. The van der Waals surface area contributed by atoms with Crippen LogP contribution in [0.15, 0.2) is 16.6 Å². The van der Waals surface area contributed by atoms with Crippen molar-refractivity contribution in [3.8, 4) is 5.75 Å². The Kier molecular flexibility index (Phi) is 3.24. The molecule has 13 heavy (non-hydrogen) atoms. The number of nitrogens with two attached hydrogens (primary N) is 2. The molecular weight excluding hydrogens is 239 g/mol. The molecule has 1 atom stereocenters. The molecule has 1 rings (SSSR count). The van der Waals surface area contributed by atoms with E-state index >= 15 is 0 Å².